The Bertz CT molecular complexity index is 554. The molecule has 3 N–H and O–H groups in total. The first-order valence-electron chi connectivity index (χ1n) is 6.84. The molecular formula is C15H22IN5O. The van der Waals surface area contributed by atoms with Crippen molar-refractivity contribution in [2.75, 3.05) is 20.3 Å². The summed E-state index contributed by atoms with van der Waals surface area (Å²) in [5, 5.41) is 2.99. The zero-order chi connectivity index (χ0) is 14.9. The molecule has 0 aliphatic heterocycles. The number of hydrogen-bond donors (Lipinski definition) is 2. The summed E-state index contributed by atoms with van der Waals surface area (Å²) in [4.78, 5) is 8.31. The SMILES string of the molecule is COCCNC(N)=NCc1ccc(Cn2ccnc2)cc1.I. The third kappa shape index (κ3) is 6.44. The molecule has 0 amide bonds. The molecule has 0 aliphatic carbocycles. The summed E-state index contributed by atoms with van der Waals surface area (Å²) in [6.45, 7) is 2.66. The second-order valence-electron chi connectivity index (χ2n) is 4.67. The van der Waals surface area contributed by atoms with E-state index >= 15 is 0 Å². The number of rotatable bonds is 7. The normalized spacial score (nSPS) is 11.0. The van der Waals surface area contributed by atoms with E-state index in [4.69, 9.17) is 10.5 Å². The lowest BCUT2D eigenvalue weighted by Crippen LogP contribution is -2.34. The maximum absolute atomic E-state index is 5.76. The molecule has 6 nitrogen and oxygen atoms in total. The van der Waals surface area contributed by atoms with Crippen LogP contribution < -0.4 is 11.1 Å². The minimum atomic E-state index is 0. The number of nitrogens with one attached hydrogen (secondary N) is 1. The maximum Gasteiger partial charge on any atom is 0.188 e. The Morgan fingerprint density at radius 1 is 1.32 bits per heavy atom. The predicted molar refractivity (Wildman–Crippen MR) is 98.4 cm³/mol. The minimum absolute atomic E-state index is 0. The summed E-state index contributed by atoms with van der Waals surface area (Å²) in [6, 6.07) is 8.33. The number of methoxy groups -OCH3 is 1. The lowest BCUT2D eigenvalue weighted by atomic mass is 10.1. The molecule has 120 valence electrons. The molecule has 2 aromatic rings. The van der Waals surface area contributed by atoms with Gasteiger partial charge in [0, 0.05) is 32.6 Å². The number of benzene rings is 1. The van der Waals surface area contributed by atoms with Crippen LogP contribution in [0.5, 0.6) is 0 Å². The highest BCUT2D eigenvalue weighted by Crippen LogP contribution is 2.07. The van der Waals surface area contributed by atoms with Gasteiger partial charge in [0.15, 0.2) is 5.96 Å². The molecule has 0 aliphatic rings. The van der Waals surface area contributed by atoms with Gasteiger partial charge in [-0.15, -0.1) is 24.0 Å². The third-order valence-electron chi connectivity index (χ3n) is 2.99. The number of aliphatic imine (C=N–C) groups is 1. The summed E-state index contributed by atoms with van der Waals surface area (Å²) in [5.41, 5.74) is 8.11. The van der Waals surface area contributed by atoms with Gasteiger partial charge < -0.3 is 20.4 Å². The first kappa shape index (κ1) is 18.4. The average Bonchev–Trinajstić information content (AvgIpc) is 3.00. The molecular weight excluding hydrogens is 393 g/mol. The van der Waals surface area contributed by atoms with E-state index in [1.54, 1.807) is 13.3 Å². The largest absolute Gasteiger partial charge is 0.383 e. The van der Waals surface area contributed by atoms with Gasteiger partial charge in [-0.1, -0.05) is 24.3 Å². The molecule has 0 unspecified atom stereocenters. The van der Waals surface area contributed by atoms with E-state index in [9.17, 15) is 0 Å². The summed E-state index contributed by atoms with van der Waals surface area (Å²) in [7, 11) is 1.65. The van der Waals surface area contributed by atoms with Gasteiger partial charge in [-0.05, 0) is 11.1 Å². The summed E-state index contributed by atoms with van der Waals surface area (Å²) >= 11 is 0. The number of hydrogen-bond acceptors (Lipinski definition) is 3. The smallest absolute Gasteiger partial charge is 0.188 e. The number of guanidine groups is 1. The van der Waals surface area contributed by atoms with Crippen LogP contribution in [-0.4, -0.2) is 35.8 Å². The minimum Gasteiger partial charge on any atom is -0.383 e. The number of ether oxygens (including phenoxy) is 1. The Morgan fingerprint density at radius 2 is 2.05 bits per heavy atom. The molecule has 0 spiro atoms. The lowest BCUT2D eigenvalue weighted by Gasteiger charge is -2.06. The van der Waals surface area contributed by atoms with Crippen molar-refractivity contribution in [2.45, 2.75) is 13.1 Å². The molecule has 1 heterocycles. The number of nitrogens with zero attached hydrogens (tertiary/aromatic N) is 3. The molecule has 0 fully saturated rings. The van der Waals surface area contributed by atoms with Crippen molar-refractivity contribution in [3.05, 3.63) is 54.1 Å². The Labute approximate surface area is 147 Å². The standard InChI is InChI=1S/C15H21N5O.HI/c1-21-9-7-18-15(16)19-10-13-2-4-14(5-3-13)11-20-8-6-17-12-20;/h2-6,8,12H,7,9-11H2,1H3,(H3,16,18,19);1H. The average molecular weight is 415 g/mol. The Kier molecular flexibility index (Phi) is 8.53. The highest BCUT2D eigenvalue weighted by Gasteiger charge is 1.97. The summed E-state index contributed by atoms with van der Waals surface area (Å²) in [6.07, 6.45) is 5.54. The Balaban J connectivity index is 0.00000242. The van der Waals surface area contributed by atoms with Crippen molar-refractivity contribution in [2.24, 2.45) is 10.7 Å². The van der Waals surface area contributed by atoms with Gasteiger partial charge in [0.25, 0.3) is 0 Å². The van der Waals surface area contributed by atoms with E-state index in [0.717, 1.165) is 12.1 Å². The first-order chi connectivity index (χ1) is 10.3. The number of imidazole rings is 1. The molecule has 0 atom stereocenters. The fourth-order valence-electron chi connectivity index (χ4n) is 1.85. The zero-order valence-corrected chi connectivity index (χ0v) is 14.9. The molecule has 1 aromatic carbocycles. The van der Waals surface area contributed by atoms with E-state index < -0.39 is 0 Å². The van der Waals surface area contributed by atoms with Crippen molar-refractivity contribution in [3.8, 4) is 0 Å². The second-order valence-corrected chi connectivity index (χ2v) is 4.67. The van der Waals surface area contributed by atoms with Gasteiger partial charge in [-0.3, -0.25) is 0 Å². The lowest BCUT2D eigenvalue weighted by molar-refractivity contribution is 0.204. The molecule has 2 rings (SSSR count). The molecule has 1 aromatic heterocycles. The van der Waals surface area contributed by atoms with Crippen LogP contribution in [0.25, 0.3) is 0 Å². The predicted octanol–water partition coefficient (Wildman–Crippen LogP) is 1.60. The fraction of sp³-hybridized carbons (Fsp3) is 0.333. The van der Waals surface area contributed by atoms with E-state index in [1.807, 2.05) is 17.1 Å². The van der Waals surface area contributed by atoms with Crippen molar-refractivity contribution in [3.63, 3.8) is 0 Å². The third-order valence-corrected chi connectivity index (χ3v) is 2.99. The van der Waals surface area contributed by atoms with Gasteiger partial charge in [0.2, 0.25) is 0 Å². The number of nitrogens with two attached hydrogens (primary N) is 1. The van der Waals surface area contributed by atoms with Gasteiger partial charge in [-0.25, -0.2) is 9.98 Å². The summed E-state index contributed by atoms with van der Waals surface area (Å²) < 4.78 is 6.96. The highest BCUT2D eigenvalue weighted by molar-refractivity contribution is 14.0. The van der Waals surface area contributed by atoms with Crippen LogP contribution in [0, 0.1) is 0 Å². The van der Waals surface area contributed by atoms with Crippen LogP contribution >= 0.6 is 24.0 Å². The van der Waals surface area contributed by atoms with Gasteiger partial charge in [-0.2, -0.15) is 0 Å². The highest BCUT2D eigenvalue weighted by atomic mass is 127. The Morgan fingerprint density at radius 3 is 2.68 bits per heavy atom. The van der Waals surface area contributed by atoms with Crippen LogP contribution in [0.2, 0.25) is 0 Å². The molecule has 0 bridgehead atoms. The fourth-order valence-corrected chi connectivity index (χ4v) is 1.85. The zero-order valence-electron chi connectivity index (χ0n) is 12.6. The molecule has 0 saturated carbocycles. The van der Waals surface area contributed by atoms with Crippen LogP contribution in [0.15, 0.2) is 48.0 Å². The van der Waals surface area contributed by atoms with Crippen molar-refractivity contribution >= 4 is 29.9 Å². The van der Waals surface area contributed by atoms with E-state index in [0.29, 0.717) is 25.7 Å². The van der Waals surface area contributed by atoms with Gasteiger partial charge in [0.1, 0.15) is 0 Å². The maximum atomic E-state index is 5.76. The van der Waals surface area contributed by atoms with Crippen molar-refractivity contribution < 1.29 is 4.74 Å². The summed E-state index contributed by atoms with van der Waals surface area (Å²) in [5.74, 6) is 0.439. The molecule has 7 heteroatoms. The van der Waals surface area contributed by atoms with Crippen molar-refractivity contribution in [1.29, 1.82) is 0 Å². The molecule has 22 heavy (non-hydrogen) atoms. The van der Waals surface area contributed by atoms with Crippen LogP contribution in [0.1, 0.15) is 11.1 Å². The van der Waals surface area contributed by atoms with Crippen LogP contribution in [-0.2, 0) is 17.8 Å². The van der Waals surface area contributed by atoms with E-state index in [2.05, 4.69) is 39.6 Å². The van der Waals surface area contributed by atoms with Gasteiger partial charge in [0.05, 0.1) is 19.5 Å². The van der Waals surface area contributed by atoms with Crippen LogP contribution in [0.3, 0.4) is 0 Å². The van der Waals surface area contributed by atoms with E-state index in [-0.39, 0.29) is 24.0 Å². The monoisotopic (exact) mass is 415 g/mol. The molecule has 0 radical (unpaired) electrons. The second kappa shape index (κ2) is 10.2. The number of halogens is 1. The topological polar surface area (TPSA) is 77.5 Å². The van der Waals surface area contributed by atoms with Crippen LogP contribution in [0.4, 0.5) is 0 Å². The number of aromatic nitrogens is 2. The quantitative estimate of drug-likeness (QED) is 0.312. The van der Waals surface area contributed by atoms with E-state index in [1.165, 1.54) is 5.56 Å². The Hall–Kier alpha value is -1.61. The molecule has 0 saturated heterocycles. The van der Waals surface area contributed by atoms with Gasteiger partial charge >= 0.3 is 0 Å². The first-order valence-corrected chi connectivity index (χ1v) is 6.84. The van der Waals surface area contributed by atoms with Crippen molar-refractivity contribution in [1.82, 2.24) is 14.9 Å².